The Morgan fingerprint density at radius 3 is 2.80 bits per heavy atom. The van der Waals surface area contributed by atoms with Crippen molar-refractivity contribution in [3.63, 3.8) is 0 Å². The molecule has 25 heavy (non-hydrogen) atoms. The zero-order valence-electron chi connectivity index (χ0n) is 15.5. The van der Waals surface area contributed by atoms with E-state index < -0.39 is 0 Å². The first kappa shape index (κ1) is 18.1. The largest absolute Gasteiger partial charge is 0.338 e. The van der Waals surface area contributed by atoms with E-state index in [1.54, 1.807) is 0 Å². The first-order valence-electron chi connectivity index (χ1n) is 8.96. The fourth-order valence-electron chi connectivity index (χ4n) is 3.53. The highest BCUT2D eigenvalue weighted by Gasteiger charge is 2.28. The maximum Gasteiger partial charge on any atom is 0.265 e. The maximum absolute atomic E-state index is 13.0. The quantitative estimate of drug-likeness (QED) is 0.905. The van der Waals surface area contributed by atoms with Crippen molar-refractivity contribution >= 4 is 17.2 Å². The van der Waals surface area contributed by atoms with Gasteiger partial charge in [0.05, 0.1) is 5.69 Å². The molecule has 1 aliphatic rings. The molecule has 1 aromatic carbocycles. The molecule has 2 heterocycles. The lowest BCUT2D eigenvalue weighted by Gasteiger charge is -2.34. The molecule has 0 radical (unpaired) electrons. The number of thiazole rings is 1. The van der Waals surface area contributed by atoms with Gasteiger partial charge in [0.25, 0.3) is 5.91 Å². The molecule has 2 aromatic rings. The third-order valence-electron chi connectivity index (χ3n) is 5.09. The summed E-state index contributed by atoms with van der Waals surface area (Å²) < 4.78 is 0. The first-order valence-corrected chi connectivity index (χ1v) is 9.78. The predicted molar refractivity (Wildman–Crippen MR) is 104 cm³/mol. The van der Waals surface area contributed by atoms with E-state index in [9.17, 15) is 4.79 Å². The molecule has 0 saturated carbocycles. The van der Waals surface area contributed by atoms with Crippen LogP contribution in [0.15, 0.2) is 18.2 Å². The molecule has 134 valence electrons. The Balaban J connectivity index is 1.86. The zero-order valence-corrected chi connectivity index (χ0v) is 16.3. The second-order valence-electron chi connectivity index (χ2n) is 7.26. The van der Waals surface area contributed by atoms with Gasteiger partial charge < -0.3 is 10.6 Å². The number of piperidine rings is 1. The Hall–Kier alpha value is -1.72. The fraction of sp³-hybridized carbons (Fsp3) is 0.500. The lowest BCUT2D eigenvalue weighted by molar-refractivity contribution is 0.0665. The van der Waals surface area contributed by atoms with Gasteiger partial charge in [-0.1, -0.05) is 23.8 Å². The van der Waals surface area contributed by atoms with E-state index in [2.05, 4.69) is 37.0 Å². The number of amides is 1. The molecule has 1 aromatic heterocycles. The van der Waals surface area contributed by atoms with Crippen LogP contribution in [0.4, 0.5) is 0 Å². The number of aryl methyl sites for hydroxylation is 3. The van der Waals surface area contributed by atoms with Gasteiger partial charge in [0.15, 0.2) is 0 Å². The summed E-state index contributed by atoms with van der Waals surface area (Å²) in [5.41, 5.74) is 10.4. The van der Waals surface area contributed by atoms with Crippen molar-refractivity contribution in [2.45, 2.75) is 46.6 Å². The smallest absolute Gasteiger partial charge is 0.265 e. The summed E-state index contributed by atoms with van der Waals surface area (Å²) in [6, 6.07) is 6.48. The van der Waals surface area contributed by atoms with E-state index in [-0.39, 0.29) is 11.9 Å². The molecule has 1 fully saturated rings. The summed E-state index contributed by atoms with van der Waals surface area (Å²) in [5, 5.41) is 0.930. The van der Waals surface area contributed by atoms with Crippen LogP contribution in [0.5, 0.6) is 0 Å². The summed E-state index contributed by atoms with van der Waals surface area (Å²) in [6.07, 6.45) is 2.14. The number of hydrogen-bond acceptors (Lipinski definition) is 4. The third kappa shape index (κ3) is 3.77. The van der Waals surface area contributed by atoms with Gasteiger partial charge in [0.1, 0.15) is 9.88 Å². The van der Waals surface area contributed by atoms with E-state index in [4.69, 9.17) is 5.73 Å². The van der Waals surface area contributed by atoms with Gasteiger partial charge in [-0.3, -0.25) is 4.79 Å². The standard InChI is InChI=1S/C20H27N3OS/c1-12-7-8-17(13(2)10-12)19-22-15(4)18(25-19)20(24)23-9-5-6-16(11-23)14(3)21/h7-8,10,14,16H,5-6,9,11,21H2,1-4H3/t14-,16-/m1/s1. The fourth-order valence-corrected chi connectivity index (χ4v) is 4.66. The van der Waals surface area contributed by atoms with Gasteiger partial charge in [-0.05, 0) is 52.0 Å². The highest BCUT2D eigenvalue weighted by atomic mass is 32.1. The van der Waals surface area contributed by atoms with Crippen LogP contribution in [-0.2, 0) is 0 Å². The topological polar surface area (TPSA) is 59.2 Å². The Bertz CT molecular complexity index is 781. The van der Waals surface area contributed by atoms with E-state index >= 15 is 0 Å². The summed E-state index contributed by atoms with van der Waals surface area (Å²) in [6.45, 7) is 9.73. The summed E-state index contributed by atoms with van der Waals surface area (Å²) in [7, 11) is 0. The van der Waals surface area contributed by atoms with Crippen molar-refractivity contribution in [1.29, 1.82) is 0 Å². The minimum Gasteiger partial charge on any atom is -0.338 e. The average Bonchev–Trinajstić information content (AvgIpc) is 2.95. The lowest BCUT2D eigenvalue weighted by Crippen LogP contribution is -2.45. The van der Waals surface area contributed by atoms with E-state index in [0.29, 0.717) is 5.92 Å². The molecular formula is C20H27N3OS. The summed E-state index contributed by atoms with van der Waals surface area (Å²) in [4.78, 5) is 20.4. The van der Waals surface area contributed by atoms with Gasteiger partial charge in [0, 0.05) is 24.7 Å². The van der Waals surface area contributed by atoms with Crippen molar-refractivity contribution in [3.8, 4) is 10.6 Å². The van der Waals surface area contributed by atoms with Crippen molar-refractivity contribution < 1.29 is 4.79 Å². The molecule has 0 spiro atoms. The highest BCUT2D eigenvalue weighted by molar-refractivity contribution is 7.17. The van der Waals surface area contributed by atoms with Gasteiger partial charge in [0.2, 0.25) is 0 Å². The number of carbonyl (C=O) groups is 1. The van der Waals surface area contributed by atoms with Crippen molar-refractivity contribution in [2.24, 2.45) is 11.7 Å². The number of nitrogens with two attached hydrogens (primary N) is 1. The van der Waals surface area contributed by atoms with Crippen LogP contribution in [0.3, 0.4) is 0 Å². The zero-order chi connectivity index (χ0) is 18.1. The van der Waals surface area contributed by atoms with Crippen molar-refractivity contribution in [3.05, 3.63) is 39.9 Å². The number of nitrogens with zero attached hydrogens (tertiary/aromatic N) is 2. The second-order valence-corrected chi connectivity index (χ2v) is 8.26. The SMILES string of the molecule is Cc1ccc(-c2nc(C)c(C(=O)N3CCC[C@@H]([C@@H](C)N)C3)s2)c(C)c1. The normalized spacial score (nSPS) is 19.1. The Kier molecular flexibility index (Phi) is 5.25. The van der Waals surface area contributed by atoms with Gasteiger partial charge in [-0.25, -0.2) is 4.98 Å². The molecule has 2 N–H and O–H groups in total. The van der Waals surface area contributed by atoms with Crippen LogP contribution in [0, 0.1) is 26.7 Å². The minimum absolute atomic E-state index is 0.108. The average molecular weight is 358 g/mol. The Morgan fingerprint density at radius 2 is 2.12 bits per heavy atom. The molecule has 1 amide bonds. The molecule has 3 rings (SSSR count). The number of hydrogen-bond donors (Lipinski definition) is 1. The summed E-state index contributed by atoms with van der Waals surface area (Å²) >= 11 is 1.51. The molecule has 5 heteroatoms. The maximum atomic E-state index is 13.0. The molecule has 1 saturated heterocycles. The summed E-state index contributed by atoms with van der Waals surface area (Å²) in [5.74, 6) is 0.501. The number of aromatic nitrogens is 1. The molecule has 2 atom stereocenters. The number of likely N-dealkylation sites (tertiary alicyclic amines) is 1. The van der Waals surface area contributed by atoms with E-state index in [0.717, 1.165) is 47.1 Å². The number of rotatable bonds is 3. The molecule has 0 aliphatic carbocycles. The van der Waals surface area contributed by atoms with Gasteiger partial charge in [-0.2, -0.15) is 0 Å². The minimum atomic E-state index is 0.108. The number of carbonyl (C=O) groups excluding carboxylic acids is 1. The van der Waals surface area contributed by atoms with Crippen molar-refractivity contribution in [1.82, 2.24) is 9.88 Å². The van der Waals surface area contributed by atoms with Crippen LogP contribution >= 0.6 is 11.3 Å². The first-order chi connectivity index (χ1) is 11.9. The van der Waals surface area contributed by atoms with Crippen LogP contribution < -0.4 is 5.73 Å². The van der Waals surface area contributed by atoms with Crippen LogP contribution in [0.1, 0.15) is 46.3 Å². The van der Waals surface area contributed by atoms with Crippen LogP contribution in [0.25, 0.3) is 10.6 Å². The molecular weight excluding hydrogens is 330 g/mol. The Labute approximate surface area is 154 Å². The van der Waals surface area contributed by atoms with Crippen LogP contribution in [0.2, 0.25) is 0 Å². The molecule has 1 aliphatic heterocycles. The highest BCUT2D eigenvalue weighted by Crippen LogP contribution is 2.32. The van der Waals surface area contributed by atoms with E-state index in [1.807, 2.05) is 18.7 Å². The molecule has 0 bridgehead atoms. The third-order valence-corrected chi connectivity index (χ3v) is 6.27. The lowest BCUT2D eigenvalue weighted by atomic mass is 9.92. The molecule has 0 unspecified atom stereocenters. The molecule has 4 nitrogen and oxygen atoms in total. The number of benzene rings is 1. The van der Waals surface area contributed by atoms with E-state index in [1.165, 1.54) is 22.5 Å². The van der Waals surface area contributed by atoms with Crippen LogP contribution in [-0.4, -0.2) is 34.9 Å². The second kappa shape index (κ2) is 7.26. The van der Waals surface area contributed by atoms with Gasteiger partial charge >= 0.3 is 0 Å². The van der Waals surface area contributed by atoms with Crippen molar-refractivity contribution in [2.75, 3.05) is 13.1 Å². The monoisotopic (exact) mass is 357 g/mol. The van der Waals surface area contributed by atoms with Gasteiger partial charge in [-0.15, -0.1) is 11.3 Å². The Morgan fingerprint density at radius 1 is 1.36 bits per heavy atom. The predicted octanol–water partition coefficient (Wildman–Crippen LogP) is 3.93.